The maximum absolute atomic E-state index is 12.3. The third kappa shape index (κ3) is 3.41. The lowest BCUT2D eigenvalue weighted by Gasteiger charge is -2.22. The SMILES string of the molecule is COC(C)(C)CNS(=O)(=O)c1cc(CO)n(C2CC2)c1. The molecule has 0 aliphatic heterocycles. The fourth-order valence-corrected chi connectivity index (χ4v) is 3.14. The smallest absolute Gasteiger partial charge is 0.242 e. The second-order valence-electron chi connectivity index (χ2n) is 5.75. The molecule has 2 rings (SSSR count). The highest BCUT2D eigenvalue weighted by atomic mass is 32.2. The minimum Gasteiger partial charge on any atom is -0.390 e. The van der Waals surface area contributed by atoms with Crippen molar-refractivity contribution in [3.8, 4) is 0 Å². The van der Waals surface area contributed by atoms with Gasteiger partial charge in [0.15, 0.2) is 0 Å². The van der Waals surface area contributed by atoms with Gasteiger partial charge in [-0.15, -0.1) is 0 Å². The van der Waals surface area contributed by atoms with Gasteiger partial charge in [0, 0.05) is 31.6 Å². The van der Waals surface area contributed by atoms with Gasteiger partial charge >= 0.3 is 0 Å². The molecule has 0 atom stereocenters. The summed E-state index contributed by atoms with van der Waals surface area (Å²) in [5.74, 6) is 0. The minimum absolute atomic E-state index is 0.157. The number of rotatable bonds is 7. The van der Waals surface area contributed by atoms with Gasteiger partial charge in [0.05, 0.1) is 17.1 Å². The van der Waals surface area contributed by atoms with E-state index in [0.717, 1.165) is 12.8 Å². The molecule has 2 N–H and O–H groups in total. The first-order valence-corrected chi connectivity index (χ1v) is 8.14. The number of hydrogen-bond acceptors (Lipinski definition) is 4. The van der Waals surface area contributed by atoms with Crippen LogP contribution in [0.3, 0.4) is 0 Å². The highest BCUT2D eigenvalue weighted by Crippen LogP contribution is 2.37. The predicted molar refractivity (Wildman–Crippen MR) is 74.9 cm³/mol. The van der Waals surface area contributed by atoms with Crippen LogP contribution in [0.2, 0.25) is 0 Å². The zero-order chi connectivity index (χ0) is 15.0. The van der Waals surface area contributed by atoms with Crippen molar-refractivity contribution in [3.05, 3.63) is 18.0 Å². The Hall–Kier alpha value is -0.890. The molecule has 0 amide bonds. The molecule has 1 aliphatic rings. The molecule has 1 heterocycles. The van der Waals surface area contributed by atoms with Crippen LogP contribution in [-0.4, -0.2) is 37.3 Å². The van der Waals surface area contributed by atoms with Crippen molar-refractivity contribution in [2.24, 2.45) is 0 Å². The quantitative estimate of drug-likeness (QED) is 0.788. The Balaban J connectivity index is 2.17. The van der Waals surface area contributed by atoms with Gasteiger partial charge in [-0.3, -0.25) is 0 Å². The van der Waals surface area contributed by atoms with Crippen molar-refractivity contribution in [3.63, 3.8) is 0 Å². The number of methoxy groups -OCH3 is 1. The van der Waals surface area contributed by atoms with E-state index in [1.165, 1.54) is 6.07 Å². The third-order valence-corrected chi connectivity index (χ3v) is 4.93. The summed E-state index contributed by atoms with van der Waals surface area (Å²) in [6, 6.07) is 1.86. The summed E-state index contributed by atoms with van der Waals surface area (Å²) >= 11 is 0. The molecule has 114 valence electrons. The van der Waals surface area contributed by atoms with Crippen molar-refractivity contribution in [1.29, 1.82) is 0 Å². The summed E-state index contributed by atoms with van der Waals surface area (Å²) in [4.78, 5) is 0.195. The number of ether oxygens (including phenoxy) is 1. The topological polar surface area (TPSA) is 80.6 Å². The number of nitrogens with zero attached hydrogens (tertiary/aromatic N) is 1. The van der Waals surface area contributed by atoms with Gasteiger partial charge in [0.25, 0.3) is 0 Å². The second kappa shape index (κ2) is 5.48. The fraction of sp³-hybridized carbons (Fsp3) is 0.692. The Morgan fingerprint density at radius 3 is 2.65 bits per heavy atom. The summed E-state index contributed by atoms with van der Waals surface area (Å²) < 4.78 is 34.1. The van der Waals surface area contributed by atoms with E-state index < -0.39 is 15.6 Å². The summed E-state index contributed by atoms with van der Waals surface area (Å²) in [5.41, 5.74) is 0.0743. The van der Waals surface area contributed by atoms with Crippen LogP contribution >= 0.6 is 0 Å². The molecule has 0 bridgehead atoms. The average molecular weight is 302 g/mol. The monoisotopic (exact) mass is 302 g/mol. The molecule has 1 saturated carbocycles. The lowest BCUT2D eigenvalue weighted by Crippen LogP contribution is -2.39. The molecule has 1 aliphatic carbocycles. The van der Waals surface area contributed by atoms with E-state index in [1.807, 2.05) is 18.4 Å². The van der Waals surface area contributed by atoms with Crippen LogP contribution in [0.15, 0.2) is 17.2 Å². The van der Waals surface area contributed by atoms with Gasteiger partial charge in [0.1, 0.15) is 0 Å². The van der Waals surface area contributed by atoms with Gasteiger partial charge in [-0.1, -0.05) is 0 Å². The number of sulfonamides is 1. The highest BCUT2D eigenvalue weighted by molar-refractivity contribution is 7.89. The molecule has 0 unspecified atom stereocenters. The molecule has 7 heteroatoms. The van der Waals surface area contributed by atoms with Gasteiger partial charge in [-0.25, -0.2) is 13.1 Å². The van der Waals surface area contributed by atoms with Gasteiger partial charge < -0.3 is 14.4 Å². The number of nitrogens with one attached hydrogen (secondary N) is 1. The highest BCUT2D eigenvalue weighted by Gasteiger charge is 2.29. The molecule has 0 spiro atoms. The van der Waals surface area contributed by atoms with Crippen LogP contribution in [0.5, 0.6) is 0 Å². The second-order valence-corrected chi connectivity index (χ2v) is 7.52. The summed E-state index contributed by atoms with van der Waals surface area (Å²) in [6.45, 7) is 3.65. The maximum Gasteiger partial charge on any atom is 0.242 e. The van der Waals surface area contributed by atoms with Gasteiger partial charge in [0.2, 0.25) is 10.0 Å². The standard InChI is InChI=1S/C13H22N2O4S/c1-13(2,19-3)9-14-20(17,18)12-6-11(8-16)15(7-12)10-4-5-10/h6-7,10,14,16H,4-5,8-9H2,1-3H3. The Bertz CT molecular complexity index is 573. The van der Waals surface area contributed by atoms with E-state index in [1.54, 1.807) is 13.3 Å². The lowest BCUT2D eigenvalue weighted by atomic mass is 10.1. The van der Waals surface area contributed by atoms with E-state index in [9.17, 15) is 13.5 Å². The Kier molecular flexibility index (Phi) is 4.24. The predicted octanol–water partition coefficient (Wildman–Crippen LogP) is 1.02. The minimum atomic E-state index is -3.58. The van der Waals surface area contributed by atoms with Crippen LogP contribution in [0.25, 0.3) is 0 Å². The summed E-state index contributed by atoms with van der Waals surface area (Å²) in [7, 11) is -2.04. The van der Waals surface area contributed by atoms with Crippen molar-refractivity contribution < 1.29 is 18.3 Å². The van der Waals surface area contributed by atoms with E-state index >= 15 is 0 Å². The molecular formula is C13H22N2O4S. The van der Waals surface area contributed by atoms with Crippen LogP contribution in [0, 0.1) is 0 Å². The molecule has 6 nitrogen and oxygen atoms in total. The fourth-order valence-electron chi connectivity index (χ4n) is 1.89. The van der Waals surface area contributed by atoms with Crippen molar-refractivity contribution in [1.82, 2.24) is 9.29 Å². The van der Waals surface area contributed by atoms with Gasteiger partial charge in [-0.05, 0) is 32.8 Å². The number of aliphatic hydroxyl groups excluding tert-OH is 1. The largest absolute Gasteiger partial charge is 0.390 e. The van der Waals surface area contributed by atoms with E-state index in [0.29, 0.717) is 11.7 Å². The summed E-state index contributed by atoms with van der Waals surface area (Å²) in [6.07, 6.45) is 3.67. The van der Waals surface area contributed by atoms with Crippen LogP contribution in [0.4, 0.5) is 0 Å². The Morgan fingerprint density at radius 2 is 2.15 bits per heavy atom. The van der Waals surface area contributed by atoms with Crippen molar-refractivity contribution >= 4 is 10.0 Å². The first-order valence-electron chi connectivity index (χ1n) is 6.65. The average Bonchev–Trinajstić information content (AvgIpc) is 3.15. The Morgan fingerprint density at radius 1 is 1.50 bits per heavy atom. The van der Waals surface area contributed by atoms with E-state index in [4.69, 9.17) is 4.74 Å². The lowest BCUT2D eigenvalue weighted by molar-refractivity contribution is 0.0276. The maximum atomic E-state index is 12.3. The molecule has 0 radical (unpaired) electrons. The number of hydrogen-bond donors (Lipinski definition) is 2. The normalized spacial score (nSPS) is 16.6. The first-order chi connectivity index (χ1) is 9.29. The van der Waals surface area contributed by atoms with E-state index in [2.05, 4.69) is 4.72 Å². The summed E-state index contributed by atoms with van der Waals surface area (Å²) in [5, 5.41) is 9.32. The first kappa shape index (κ1) is 15.5. The zero-order valence-corrected chi connectivity index (χ0v) is 12.9. The molecule has 0 aromatic carbocycles. The number of aliphatic hydroxyl groups is 1. The number of aromatic nitrogens is 1. The zero-order valence-electron chi connectivity index (χ0n) is 12.1. The molecule has 1 aromatic rings. The third-order valence-electron chi connectivity index (χ3n) is 3.56. The van der Waals surface area contributed by atoms with Gasteiger partial charge in [-0.2, -0.15) is 0 Å². The Labute approximate surface area is 119 Å². The van der Waals surface area contributed by atoms with Crippen LogP contribution in [-0.2, 0) is 21.4 Å². The molecule has 1 fully saturated rings. The molecular weight excluding hydrogens is 280 g/mol. The molecule has 0 saturated heterocycles. The van der Waals surface area contributed by atoms with Crippen molar-refractivity contribution in [2.45, 2.75) is 49.8 Å². The molecule has 20 heavy (non-hydrogen) atoms. The molecule has 1 aromatic heterocycles. The van der Waals surface area contributed by atoms with Crippen molar-refractivity contribution in [2.75, 3.05) is 13.7 Å². The van der Waals surface area contributed by atoms with Crippen LogP contribution in [0.1, 0.15) is 38.4 Å². The van der Waals surface area contributed by atoms with Crippen LogP contribution < -0.4 is 4.72 Å². The van der Waals surface area contributed by atoms with E-state index in [-0.39, 0.29) is 18.0 Å².